The Hall–Kier alpha value is -0.120. The first-order valence-electron chi connectivity index (χ1n) is 6.48. The molecule has 1 heterocycles. The van der Waals surface area contributed by atoms with Gasteiger partial charge < -0.3 is 10.1 Å². The Balaban J connectivity index is 1.36. The second-order valence-electron chi connectivity index (χ2n) is 5.32. The molecule has 3 aliphatic rings. The molecule has 0 amide bonds. The molecule has 0 radical (unpaired) electrons. The van der Waals surface area contributed by atoms with Crippen LogP contribution in [0.5, 0.6) is 0 Å². The van der Waals surface area contributed by atoms with Crippen LogP contribution in [-0.4, -0.2) is 49.8 Å². The molecular weight excluding hydrogens is 188 g/mol. The van der Waals surface area contributed by atoms with Crippen LogP contribution in [0, 0.1) is 5.92 Å². The van der Waals surface area contributed by atoms with Gasteiger partial charge in [-0.05, 0) is 38.1 Å². The maximum atomic E-state index is 5.78. The first-order chi connectivity index (χ1) is 7.42. The summed E-state index contributed by atoms with van der Waals surface area (Å²) in [6.45, 7) is 5.52. The molecule has 2 aliphatic carbocycles. The zero-order chi connectivity index (χ0) is 10.1. The lowest BCUT2D eigenvalue weighted by Crippen LogP contribution is -2.47. The van der Waals surface area contributed by atoms with Gasteiger partial charge in [-0.25, -0.2) is 0 Å². The number of morpholine rings is 1. The average molecular weight is 210 g/mol. The van der Waals surface area contributed by atoms with E-state index in [9.17, 15) is 0 Å². The van der Waals surface area contributed by atoms with E-state index in [4.69, 9.17) is 4.74 Å². The molecule has 3 rings (SSSR count). The van der Waals surface area contributed by atoms with Crippen molar-refractivity contribution in [2.75, 3.05) is 32.8 Å². The van der Waals surface area contributed by atoms with Gasteiger partial charge in [0, 0.05) is 25.7 Å². The lowest BCUT2D eigenvalue weighted by molar-refractivity contribution is -0.0300. The maximum Gasteiger partial charge on any atom is 0.0826 e. The molecule has 0 aromatic rings. The standard InChI is InChI=1S/C12H22N2O/c1-2-10(1)7-13-8-12-9-14(5-6-15-12)11-3-4-11/h10-13H,1-9H2/t12-/m1/s1. The second-order valence-corrected chi connectivity index (χ2v) is 5.32. The first kappa shape index (κ1) is 10.1. The smallest absolute Gasteiger partial charge is 0.0826 e. The SMILES string of the molecule is C1CN(C2CC2)C[C@@H](CNCC2CC2)O1. The fourth-order valence-electron chi connectivity index (χ4n) is 2.41. The maximum absolute atomic E-state index is 5.78. The number of nitrogens with zero attached hydrogens (tertiary/aromatic N) is 1. The Labute approximate surface area is 92.2 Å². The molecular formula is C12H22N2O. The van der Waals surface area contributed by atoms with Gasteiger partial charge in [0.25, 0.3) is 0 Å². The highest BCUT2D eigenvalue weighted by Gasteiger charge is 2.32. The molecule has 3 fully saturated rings. The number of nitrogens with one attached hydrogen (secondary N) is 1. The zero-order valence-electron chi connectivity index (χ0n) is 9.45. The van der Waals surface area contributed by atoms with Gasteiger partial charge in [-0.15, -0.1) is 0 Å². The van der Waals surface area contributed by atoms with Crippen LogP contribution in [0.2, 0.25) is 0 Å². The summed E-state index contributed by atoms with van der Waals surface area (Å²) in [6, 6.07) is 0.903. The molecule has 3 heteroatoms. The summed E-state index contributed by atoms with van der Waals surface area (Å²) < 4.78 is 5.78. The van der Waals surface area contributed by atoms with Gasteiger partial charge in [-0.2, -0.15) is 0 Å². The summed E-state index contributed by atoms with van der Waals surface area (Å²) in [5.41, 5.74) is 0. The molecule has 3 nitrogen and oxygen atoms in total. The quantitative estimate of drug-likeness (QED) is 0.728. The Kier molecular flexibility index (Phi) is 2.95. The Bertz CT molecular complexity index is 214. The van der Waals surface area contributed by atoms with Gasteiger partial charge in [0.1, 0.15) is 0 Å². The minimum atomic E-state index is 0.443. The summed E-state index contributed by atoms with van der Waals surface area (Å²) >= 11 is 0. The van der Waals surface area contributed by atoms with Crippen molar-refractivity contribution in [1.29, 1.82) is 0 Å². The molecule has 1 aliphatic heterocycles. The number of hydrogen-bond acceptors (Lipinski definition) is 3. The third kappa shape index (κ3) is 2.92. The molecule has 86 valence electrons. The topological polar surface area (TPSA) is 24.5 Å². The van der Waals surface area contributed by atoms with Crippen LogP contribution in [-0.2, 0) is 4.74 Å². The lowest BCUT2D eigenvalue weighted by atomic mass is 10.2. The van der Waals surface area contributed by atoms with Gasteiger partial charge in [0.05, 0.1) is 12.7 Å². The summed E-state index contributed by atoms with van der Waals surface area (Å²) in [5, 5.41) is 3.55. The van der Waals surface area contributed by atoms with Gasteiger partial charge in [0.15, 0.2) is 0 Å². The number of ether oxygens (including phenoxy) is 1. The fraction of sp³-hybridized carbons (Fsp3) is 1.00. The van der Waals surface area contributed by atoms with Crippen molar-refractivity contribution in [2.45, 2.75) is 37.8 Å². The molecule has 0 unspecified atom stereocenters. The third-order valence-electron chi connectivity index (χ3n) is 3.74. The van der Waals surface area contributed by atoms with Gasteiger partial charge in [0.2, 0.25) is 0 Å². The van der Waals surface area contributed by atoms with Crippen LogP contribution in [0.3, 0.4) is 0 Å². The van der Waals surface area contributed by atoms with Crippen LogP contribution >= 0.6 is 0 Å². The minimum Gasteiger partial charge on any atom is -0.374 e. The summed E-state index contributed by atoms with van der Waals surface area (Å²) in [6.07, 6.45) is 6.15. The van der Waals surface area contributed by atoms with Crippen molar-refractivity contribution >= 4 is 0 Å². The van der Waals surface area contributed by atoms with E-state index in [0.717, 1.165) is 38.2 Å². The van der Waals surface area contributed by atoms with Crippen LogP contribution in [0.4, 0.5) is 0 Å². The van der Waals surface area contributed by atoms with E-state index in [1.807, 2.05) is 0 Å². The van der Waals surface area contributed by atoms with Gasteiger partial charge >= 0.3 is 0 Å². The second kappa shape index (κ2) is 4.40. The highest BCUT2D eigenvalue weighted by molar-refractivity contribution is 4.88. The van der Waals surface area contributed by atoms with Crippen LogP contribution in [0.1, 0.15) is 25.7 Å². The van der Waals surface area contributed by atoms with Crippen LogP contribution in [0.15, 0.2) is 0 Å². The van der Waals surface area contributed by atoms with Gasteiger partial charge in [-0.1, -0.05) is 0 Å². The van der Waals surface area contributed by atoms with E-state index in [1.54, 1.807) is 0 Å². The summed E-state index contributed by atoms with van der Waals surface area (Å²) in [5.74, 6) is 0.980. The lowest BCUT2D eigenvalue weighted by Gasteiger charge is -2.33. The predicted octanol–water partition coefficient (Wildman–Crippen LogP) is 0.849. The summed E-state index contributed by atoms with van der Waals surface area (Å²) in [7, 11) is 0. The minimum absolute atomic E-state index is 0.443. The average Bonchev–Trinajstić information content (AvgIpc) is 3.13. The predicted molar refractivity (Wildman–Crippen MR) is 59.9 cm³/mol. The van der Waals surface area contributed by atoms with E-state index in [0.29, 0.717) is 6.10 Å². The largest absolute Gasteiger partial charge is 0.374 e. The highest BCUT2D eigenvalue weighted by Crippen LogP contribution is 2.29. The third-order valence-corrected chi connectivity index (χ3v) is 3.74. The molecule has 0 aromatic heterocycles. The van der Waals surface area contributed by atoms with Crippen molar-refractivity contribution in [3.05, 3.63) is 0 Å². The van der Waals surface area contributed by atoms with Crippen molar-refractivity contribution in [3.63, 3.8) is 0 Å². The first-order valence-corrected chi connectivity index (χ1v) is 6.48. The molecule has 0 aromatic carbocycles. The van der Waals surface area contributed by atoms with Gasteiger partial charge in [-0.3, -0.25) is 4.90 Å². The van der Waals surface area contributed by atoms with Crippen molar-refractivity contribution in [3.8, 4) is 0 Å². The van der Waals surface area contributed by atoms with E-state index in [2.05, 4.69) is 10.2 Å². The molecule has 1 saturated heterocycles. The summed E-state index contributed by atoms with van der Waals surface area (Å²) in [4.78, 5) is 2.62. The van der Waals surface area contributed by atoms with E-state index < -0.39 is 0 Å². The van der Waals surface area contributed by atoms with Crippen LogP contribution < -0.4 is 5.32 Å². The molecule has 2 saturated carbocycles. The Morgan fingerprint density at radius 1 is 1.13 bits per heavy atom. The van der Waals surface area contributed by atoms with Crippen molar-refractivity contribution < 1.29 is 4.74 Å². The van der Waals surface area contributed by atoms with Crippen molar-refractivity contribution in [1.82, 2.24) is 10.2 Å². The molecule has 0 spiro atoms. The molecule has 0 bridgehead atoms. The monoisotopic (exact) mass is 210 g/mol. The molecule has 1 atom stereocenters. The molecule has 1 N–H and O–H groups in total. The zero-order valence-corrected chi connectivity index (χ0v) is 9.45. The normalized spacial score (nSPS) is 33.2. The highest BCUT2D eigenvalue weighted by atomic mass is 16.5. The van der Waals surface area contributed by atoms with E-state index >= 15 is 0 Å². The molecule has 15 heavy (non-hydrogen) atoms. The Morgan fingerprint density at radius 2 is 2.00 bits per heavy atom. The van der Waals surface area contributed by atoms with Crippen LogP contribution in [0.25, 0.3) is 0 Å². The van der Waals surface area contributed by atoms with E-state index in [1.165, 1.54) is 32.2 Å². The van der Waals surface area contributed by atoms with Crippen molar-refractivity contribution in [2.24, 2.45) is 5.92 Å². The number of rotatable bonds is 5. The van der Waals surface area contributed by atoms with E-state index in [-0.39, 0.29) is 0 Å². The number of hydrogen-bond donors (Lipinski definition) is 1. The Morgan fingerprint density at radius 3 is 2.73 bits per heavy atom. The fourth-order valence-corrected chi connectivity index (χ4v) is 2.41.